The standard InChI is InChI=1S/C14H21FN4O/c1-4-16-13-12(7-11(15)8-17-13)14(20)19-6-5-18(3)9-10(19)2/h7-8,10H,4-6,9H2,1-3H3,(H,16,17). The Hall–Kier alpha value is -1.69. The molecule has 2 heterocycles. The highest BCUT2D eigenvalue weighted by Crippen LogP contribution is 2.19. The van der Waals surface area contributed by atoms with E-state index in [0.29, 0.717) is 24.5 Å². The summed E-state index contributed by atoms with van der Waals surface area (Å²) in [5, 5.41) is 3.01. The SMILES string of the molecule is CCNc1ncc(F)cc1C(=O)N1CCN(C)CC1C. The number of pyridine rings is 1. The number of carbonyl (C=O) groups is 1. The van der Waals surface area contributed by atoms with Gasteiger partial charge in [0.15, 0.2) is 0 Å². The van der Waals surface area contributed by atoms with Crippen molar-refractivity contribution in [2.24, 2.45) is 0 Å². The molecule has 5 nitrogen and oxygen atoms in total. The van der Waals surface area contributed by atoms with E-state index in [1.807, 2.05) is 20.9 Å². The first kappa shape index (κ1) is 14.7. The fourth-order valence-electron chi connectivity index (χ4n) is 2.51. The lowest BCUT2D eigenvalue weighted by molar-refractivity contribution is 0.0533. The third-order valence-corrected chi connectivity index (χ3v) is 3.52. The first-order valence-electron chi connectivity index (χ1n) is 6.91. The van der Waals surface area contributed by atoms with E-state index in [0.717, 1.165) is 19.3 Å². The van der Waals surface area contributed by atoms with Gasteiger partial charge in [-0.15, -0.1) is 0 Å². The van der Waals surface area contributed by atoms with Gasteiger partial charge in [-0.1, -0.05) is 0 Å². The fourth-order valence-corrected chi connectivity index (χ4v) is 2.51. The fraction of sp³-hybridized carbons (Fsp3) is 0.571. The molecule has 6 heteroatoms. The summed E-state index contributed by atoms with van der Waals surface area (Å²) in [6.07, 6.45) is 1.13. The van der Waals surface area contributed by atoms with Crippen molar-refractivity contribution in [3.05, 3.63) is 23.6 Å². The van der Waals surface area contributed by atoms with Crippen molar-refractivity contribution in [2.45, 2.75) is 19.9 Å². The Labute approximate surface area is 118 Å². The topological polar surface area (TPSA) is 48.5 Å². The van der Waals surface area contributed by atoms with Crippen LogP contribution in [0.15, 0.2) is 12.3 Å². The molecule has 0 saturated carbocycles. The van der Waals surface area contributed by atoms with Crippen LogP contribution >= 0.6 is 0 Å². The quantitative estimate of drug-likeness (QED) is 0.910. The van der Waals surface area contributed by atoms with Gasteiger partial charge in [-0.2, -0.15) is 0 Å². The highest BCUT2D eigenvalue weighted by molar-refractivity contribution is 5.99. The molecule has 2 rings (SSSR count). The average molecular weight is 280 g/mol. The zero-order chi connectivity index (χ0) is 14.7. The van der Waals surface area contributed by atoms with Gasteiger partial charge in [0.05, 0.1) is 11.8 Å². The Balaban J connectivity index is 2.26. The number of hydrogen-bond acceptors (Lipinski definition) is 4. The molecule has 1 aromatic rings. The van der Waals surface area contributed by atoms with Crippen LogP contribution in [-0.4, -0.2) is 60.0 Å². The lowest BCUT2D eigenvalue weighted by Gasteiger charge is -2.38. The van der Waals surface area contributed by atoms with Gasteiger partial charge in [0.1, 0.15) is 11.6 Å². The Morgan fingerprint density at radius 1 is 1.55 bits per heavy atom. The number of likely N-dealkylation sites (N-methyl/N-ethyl adjacent to an activating group) is 1. The molecule has 1 fully saturated rings. The second kappa shape index (κ2) is 6.17. The van der Waals surface area contributed by atoms with Gasteiger partial charge >= 0.3 is 0 Å². The van der Waals surface area contributed by atoms with Crippen LogP contribution < -0.4 is 5.32 Å². The van der Waals surface area contributed by atoms with E-state index < -0.39 is 5.82 Å². The molecule has 0 bridgehead atoms. The highest BCUT2D eigenvalue weighted by Gasteiger charge is 2.28. The van der Waals surface area contributed by atoms with Crippen molar-refractivity contribution in [3.8, 4) is 0 Å². The summed E-state index contributed by atoms with van der Waals surface area (Å²) in [4.78, 5) is 20.6. The van der Waals surface area contributed by atoms with Crippen LogP contribution in [0.5, 0.6) is 0 Å². The molecule has 1 atom stereocenters. The Morgan fingerprint density at radius 2 is 2.30 bits per heavy atom. The maximum absolute atomic E-state index is 13.4. The molecule has 20 heavy (non-hydrogen) atoms. The van der Waals surface area contributed by atoms with E-state index in [9.17, 15) is 9.18 Å². The number of anilines is 1. The summed E-state index contributed by atoms with van der Waals surface area (Å²) in [5.41, 5.74) is 0.309. The molecule has 1 amide bonds. The minimum Gasteiger partial charge on any atom is -0.370 e. The van der Waals surface area contributed by atoms with Crippen LogP contribution in [0.2, 0.25) is 0 Å². The maximum atomic E-state index is 13.4. The Morgan fingerprint density at radius 3 is 2.95 bits per heavy atom. The largest absolute Gasteiger partial charge is 0.370 e. The van der Waals surface area contributed by atoms with Gasteiger partial charge in [-0.05, 0) is 27.0 Å². The summed E-state index contributed by atoms with van der Waals surface area (Å²) in [6.45, 7) is 6.86. The van der Waals surface area contributed by atoms with E-state index in [1.165, 1.54) is 6.07 Å². The van der Waals surface area contributed by atoms with E-state index in [1.54, 1.807) is 4.90 Å². The number of nitrogens with one attached hydrogen (secondary N) is 1. The van der Waals surface area contributed by atoms with Crippen LogP contribution in [0, 0.1) is 5.82 Å². The number of rotatable bonds is 3. The third-order valence-electron chi connectivity index (χ3n) is 3.52. The van der Waals surface area contributed by atoms with Crippen molar-refractivity contribution in [1.29, 1.82) is 0 Å². The van der Waals surface area contributed by atoms with Crippen molar-refractivity contribution in [3.63, 3.8) is 0 Å². The number of halogens is 1. The summed E-state index contributed by atoms with van der Waals surface area (Å²) >= 11 is 0. The van der Waals surface area contributed by atoms with Gasteiger partial charge in [-0.25, -0.2) is 9.37 Å². The monoisotopic (exact) mass is 280 g/mol. The zero-order valence-corrected chi connectivity index (χ0v) is 12.2. The first-order chi connectivity index (χ1) is 9.52. The second-order valence-electron chi connectivity index (χ2n) is 5.19. The average Bonchev–Trinajstić information content (AvgIpc) is 2.40. The molecule has 110 valence electrons. The molecule has 1 saturated heterocycles. The van der Waals surface area contributed by atoms with Crippen LogP contribution in [0.25, 0.3) is 0 Å². The molecule has 0 aliphatic carbocycles. The van der Waals surface area contributed by atoms with E-state index in [-0.39, 0.29) is 11.9 Å². The number of aromatic nitrogens is 1. The van der Waals surface area contributed by atoms with E-state index >= 15 is 0 Å². The molecule has 0 spiro atoms. The molecule has 0 aromatic carbocycles. The van der Waals surface area contributed by atoms with Crippen molar-refractivity contribution in [2.75, 3.05) is 38.5 Å². The normalized spacial score (nSPS) is 20.0. The maximum Gasteiger partial charge on any atom is 0.258 e. The summed E-state index contributed by atoms with van der Waals surface area (Å²) < 4.78 is 13.4. The number of piperazine rings is 1. The minimum absolute atomic E-state index is 0.110. The zero-order valence-electron chi connectivity index (χ0n) is 12.2. The molecular formula is C14H21FN4O. The molecule has 1 unspecified atom stereocenters. The third kappa shape index (κ3) is 3.07. The number of hydrogen-bond donors (Lipinski definition) is 1. The smallest absolute Gasteiger partial charge is 0.258 e. The first-order valence-corrected chi connectivity index (χ1v) is 6.91. The Kier molecular flexibility index (Phi) is 4.54. The summed E-state index contributed by atoms with van der Waals surface area (Å²) in [5.74, 6) is -0.199. The number of amides is 1. The van der Waals surface area contributed by atoms with Gasteiger partial charge in [-0.3, -0.25) is 4.79 Å². The lowest BCUT2D eigenvalue weighted by atomic mass is 10.1. The predicted molar refractivity (Wildman–Crippen MR) is 76.4 cm³/mol. The number of carbonyl (C=O) groups excluding carboxylic acids is 1. The van der Waals surface area contributed by atoms with Crippen molar-refractivity contribution >= 4 is 11.7 Å². The van der Waals surface area contributed by atoms with Crippen LogP contribution in [0.3, 0.4) is 0 Å². The number of nitrogens with zero attached hydrogens (tertiary/aromatic N) is 3. The van der Waals surface area contributed by atoms with Crippen LogP contribution in [-0.2, 0) is 0 Å². The van der Waals surface area contributed by atoms with Crippen molar-refractivity contribution < 1.29 is 9.18 Å². The second-order valence-corrected chi connectivity index (χ2v) is 5.19. The molecule has 0 radical (unpaired) electrons. The van der Waals surface area contributed by atoms with E-state index in [4.69, 9.17) is 0 Å². The molecular weight excluding hydrogens is 259 g/mol. The minimum atomic E-state index is -0.489. The predicted octanol–water partition coefficient (Wildman–Crippen LogP) is 1.43. The summed E-state index contributed by atoms with van der Waals surface area (Å²) in [7, 11) is 2.03. The van der Waals surface area contributed by atoms with Crippen LogP contribution in [0.4, 0.5) is 10.2 Å². The lowest BCUT2D eigenvalue weighted by Crippen LogP contribution is -2.52. The highest BCUT2D eigenvalue weighted by atomic mass is 19.1. The molecule has 1 aliphatic heterocycles. The van der Waals surface area contributed by atoms with Gasteiger partial charge < -0.3 is 15.1 Å². The molecule has 1 aromatic heterocycles. The van der Waals surface area contributed by atoms with Gasteiger partial charge in [0.25, 0.3) is 5.91 Å². The van der Waals surface area contributed by atoms with Crippen LogP contribution in [0.1, 0.15) is 24.2 Å². The molecule has 1 N–H and O–H groups in total. The van der Waals surface area contributed by atoms with Gasteiger partial charge in [0.2, 0.25) is 0 Å². The summed E-state index contributed by atoms with van der Waals surface area (Å²) in [6, 6.07) is 1.37. The van der Waals surface area contributed by atoms with Gasteiger partial charge in [0, 0.05) is 32.2 Å². The van der Waals surface area contributed by atoms with E-state index in [2.05, 4.69) is 15.2 Å². The molecule has 1 aliphatic rings. The Bertz CT molecular complexity index is 494. The van der Waals surface area contributed by atoms with Crippen molar-refractivity contribution in [1.82, 2.24) is 14.8 Å².